The second kappa shape index (κ2) is 8.92. The van der Waals surface area contributed by atoms with Crippen LogP contribution in [-0.4, -0.2) is 25.2 Å². The molecule has 0 fully saturated rings. The van der Waals surface area contributed by atoms with Crippen molar-refractivity contribution in [1.82, 2.24) is 0 Å². The van der Waals surface area contributed by atoms with Crippen molar-refractivity contribution in [2.24, 2.45) is 5.41 Å². The fraction of sp³-hybridized carbons (Fsp3) is 0.412. The van der Waals surface area contributed by atoms with E-state index in [4.69, 9.17) is 9.47 Å². The van der Waals surface area contributed by atoms with E-state index < -0.39 is 17.4 Å². The topological polar surface area (TPSA) is 52.6 Å². The quantitative estimate of drug-likeness (QED) is 0.282. The molecule has 0 aliphatic carbocycles. The smallest absolute Gasteiger partial charge is 0.324 e. The van der Waals surface area contributed by atoms with Gasteiger partial charge in [0.25, 0.3) is 0 Å². The fourth-order valence-electron chi connectivity index (χ4n) is 2.22. The summed E-state index contributed by atoms with van der Waals surface area (Å²) in [5, 5.41) is 0. The van der Waals surface area contributed by atoms with Gasteiger partial charge in [-0.25, -0.2) is 0 Å². The number of carbonyl (C=O) groups excluding carboxylic acids is 2. The molecular weight excluding hydrogens is 395 g/mol. The van der Waals surface area contributed by atoms with E-state index in [1.165, 1.54) is 0 Å². The van der Waals surface area contributed by atoms with E-state index >= 15 is 0 Å². The van der Waals surface area contributed by atoms with Crippen molar-refractivity contribution >= 4 is 34.5 Å². The molecule has 120 valence electrons. The van der Waals surface area contributed by atoms with Crippen molar-refractivity contribution in [3.8, 4) is 0 Å². The van der Waals surface area contributed by atoms with E-state index in [2.05, 4.69) is 29.2 Å². The zero-order valence-corrected chi connectivity index (χ0v) is 15.1. The molecule has 22 heavy (non-hydrogen) atoms. The Morgan fingerprint density at radius 3 is 2.18 bits per heavy atom. The number of hydrogen-bond acceptors (Lipinski definition) is 4. The first-order valence-electron chi connectivity index (χ1n) is 7.20. The third-order valence-electron chi connectivity index (χ3n) is 3.28. The summed E-state index contributed by atoms with van der Waals surface area (Å²) in [5.41, 5.74) is -0.472. The monoisotopic (exact) mass is 416 g/mol. The maximum atomic E-state index is 12.5. The lowest BCUT2D eigenvalue weighted by molar-refractivity contribution is -0.171. The van der Waals surface area contributed by atoms with E-state index in [0.717, 1.165) is 9.13 Å². The van der Waals surface area contributed by atoms with Crippen LogP contribution in [0.1, 0.15) is 25.8 Å². The summed E-state index contributed by atoms with van der Waals surface area (Å²) < 4.78 is 11.3. The molecule has 5 heteroatoms. The predicted molar refractivity (Wildman–Crippen MR) is 93.4 cm³/mol. The SMILES string of the molecule is C=CCC(Cc1ccccc1I)(C(=O)OCC)C(=O)OCC. The molecule has 1 rings (SSSR count). The van der Waals surface area contributed by atoms with Crippen molar-refractivity contribution in [1.29, 1.82) is 0 Å². The second-order valence-electron chi connectivity index (χ2n) is 4.78. The van der Waals surface area contributed by atoms with Crippen LogP contribution in [0.3, 0.4) is 0 Å². The molecule has 0 spiro atoms. The van der Waals surface area contributed by atoms with Gasteiger partial charge < -0.3 is 9.47 Å². The number of halogens is 1. The third-order valence-corrected chi connectivity index (χ3v) is 4.33. The first kappa shape index (κ1) is 18.7. The van der Waals surface area contributed by atoms with Gasteiger partial charge in [-0.05, 0) is 54.5 Å². The summed E-state index contributed by atoms with van der Waals surface area (Å²) in [7, 11) is 0. The van der Waals surface area contributed by atoms with Gasteiger partial charge in [0.2, 0.25) is 0 Å². The summed E-state index contributed by atoms with van der Waals surface area (Å²) in [6.45, 7) is 7.53. The molecule has 0 unspecified atom stereocenters. The summed E-state index contributed by atoms with van der Waals surface area (Å²) >= 11 is 2.19. The molecule has 0 saturated heterocycles. The van der Waals surface area contributed by atoms with Crippen LogP contribution in [0.15, 0.2) is 36.9 Å². The van der Waals surface area contributed by atoms with Crippen LogP contribution in [0, 0.1) is 8.99 Å². The molecule has 0 N–H and O–H groups in total. The van der Waals surface area contributed by atoms with E-state index in [1.54, 1.807) is 19.9 Å². The highest BCUT2D eigenvalue weighted by molar-refractivity contribution is 14.1. The maximum Gasteiger partial charge on any atom is 0.324 e. The number of rotatable bonds is 8. The third kappa shape index (κ3) is 4.32. The average molecular weight is 416 g/mol. The van der Waals surface area contributed by atoms with Crippen LogP contribution in [0.5, 0.6) is 0 Å². The van der Waals surface area contributed by atoms with Gasteiger partial charge in [-0.2, -0.15) is 0 Å². The number of esters is 2. The highest BCUT2D eigenvalue weighted by Gasteiger charge is 2.48. The summed E-state index contributed by atoms with van der Waals surface area (Å²) in [6.07, 6.45) is 1.97. The molecule has 0 bridgehead atoms. The van der Waals surface area contributed by atoms with Gasteiger partial charge in [0.15, 0.2) is 5.41 Å². The van der Waals surface area contributed by atoms with Crippen LogP contribution in [0.2, 0.25) is 0 Å². The molecule has 0 amide bonds. The molecule has 0 aliphatic rings. The van der Waals surface area contributed by atoms with Crippen molar-refractivity contribution in [2.75, 3.05) is 13.2 Å². The predicted octanol–water partition coefficient (Wildman–Crippen LogP) is 3.52. The highest BCUT2D eigenvalue weighted by atomic mass is 127. The van der Waals surface area contributed by atoms with Crippen molar-refractivity contribution in [3.05, 3.63) is 46.1 Å². The van der Waals surface area contributed by atoms with Gasteiger partial charge in [0.1, 0.15) is 0 Å². The largest absolute Gasteiger partial charge is 0.465 e. The lowest BCUT2D eigenvalue weighted by atomic mass is 9.78. The zero-order chi connectivity index (χ0) is 16.6. The van der Waals surface area contributed by atoms with Gasteiger partial charge >= 0.3 is 11.9 Å². The number of hydrogen-bond donors (Lipinski definition) is 0. The van der Waals surface area contributed by atoms with Crippen LogP contribution < -0.4 is 0 Å². The highest BCUT2D eigenvalue weighted by Crippen LogP contribution is 2.33. The number of allylic oxidation sites excluding steroid dienone is 1. The first-order valence-corrected chi connectivity index (χ1v) is 8.28. The minimum absolute atomic E-state index is 0.176. The van der Waals surface area contributed by atoms with Gasteiger partial charge in [-0.1, -0.05) is 24.3 Å². The van der Waals surface area contributed by atoms with Crippen LogP contribution in [0.25, 0.3) is 0 Å². The standard InChI is InChI=1S/C17H21IO4/c1-4-11-17(15(19)21-5-2,16(20)22-6-3)12-13-9-7-8-10-14(13)18/h4,7-10H,1,5-6,11-12H2,2-3H3. The van der Waals surface area contributed by atoms with E-state index in [-0.39, 0.29) is 26.1 Å². The van der Waals surface area contributed by atoms with E-state index in [1.807, 2.05) is 24.3 Å². The Hall–Kier alpha value is -1.37. The molecule has 0 aliphatic heterocycles. The van der Waals surface area contributed by atoms with Crippen LogP contribution >= 0.6 is 22.6 Å². The number of ether oxygens (including phenoxy) is 2. The molecule has 0 heterocycles. The normalized spacial score (nSPS) is 10.9. The Morgan fingerprint density at radius 1 is 1.18 bits per heavy atom. The van der Waals surface area contributed by atoms with E-state index in [9.17, 15) is 9.59 Å². The zero-order valence-electron chi connectivity index (χ0n) is 12.9. The van der Waals surface area contributed by atoms with Crippen molar-refractivity contribution < 1.29 is 19.1 Å². The van der Waals surface area contributed by atoms with E-state index in [0.29, 0.717) is 0 Å². The lowest BCUT2D eigenvalue weighted by Gasteiger charge is -2.28. The Bertz CT molecular complexity index is 521. The second-order valence-corrected chi connectivity index (χ2v) is 5.95. The Kier molecular flexibility index (Phi) is 7.58. The van der Waals surface area contributed by atoms with Crippen LogP contribution in [0.4, 0.5) is 0 Å². The van der Waals surface area contributed by atoms with Gasteiger partial charge in [-0.15, -0.1) is 6.58 Å². The fourth-order valence-corrected chi connectivity index (χ4v) is 2.80. The van der Waals surface area contributed by atoms with Gasteiger partial charge in [0.05, 0.1) is 13.2 Å². The Balaban J connectivity index is 3.28. The molecular formula is C17H21IO4. The Morgan fingerprint density at radius 2 is 1.73 bits per heavy atom. The maximum absolute atomic E-state index is 12.5. The van der Waals surface area contributed by atoms with Crippen molar-refractivity contribution in [2.45, 2.75) is 26.7 Å². The lowest BCUT2D eigenvalue weighted by Crippen LogP contribution is -2.44. The minimum atomic E-state index is -1.38. The first-order chi connectivity index (χ1) is 10.5. The molecule has 0 aromatic heterocycles. The average Bonchev–Trinajstić information content (AvgIpc) is 2.49. The number of benzene rings is 1. The van der Waals surface area contributed by atoms with Crippen molar-refractivity contribution in [3.63, 3.8) is 0 Å². The molecule has 0 atom stereocenters. The molecule has 1 aromatic rings. The molecule has 1 aromatic carbocycles. The summed E-state index contributed by atoms with van der Waals surface area (Å²) in [4.78, 5) is 25.0. The van der Waals surface area contributed by atoms with Gasteiger partial charge in [0, 0.05) is 9.99 Å². The molecule has 0 saturated carbocycles. The summed E-state index contributed by atoms with van der Waals surface area (Å²) in [5.74, 6) is -1.12. The minimum Gasteiger partial charge on any atom is -0.465 e. The Labute approximate surface area is 145 Å². The molecule has 4 nitrogen and oxygen atoms in total. The van der Waals surface area contributed by atoms with Crippen LogP contribution in [-0.2, 0) is 25.5 Å². The summed E-state index contributed by atoms with van der Waals surface area (Å²) in [6, 6.07) is 7.63. The number of carbonyl (C=O) groups is 2. The van der Waals surface area contributed by atoms with Gasteiger partial charge in [-0.3, -0.25) is 9.59 Å². The molecule has 0 radical (unpaired) electrons.